The van der Waals surface area contributed by atoms with Crippen molar-refractivity contribution in [3.05, 3.63) is 53.4 Å². The summed E-state index contributed by atoms with van der Waals surface area (Å²) in [6, 6.07) is 5.56. The quantitative estimate of drug-likeness (QED) is 0.668. The normalized spacial score (nSPS) is 20.2. The highest BCUT2D eigenvalue weighted by Gasteiger charge is 2.30. The lowest BCUT2D eigenvalue weighted by molar-refractivity contribution is -0.0117. The second-order valence-electron chi connectivity index (χ2n) is 8.46. The van der Waals surface area contributed by atoms with Crippen LogP contribution in [-0.4, -0.2) is 65.5 Å². The first-order valence-corrected chi connectivity index (χ1v) is 10.9. The monoisotopic (exact) mass is 440 g/mol. The molecule has 4 heterocycles. The average Bonchev–Trinajstić information content (AvgIpc) is 2.80. The van der Waals surface area contributed by atoms with Crippen molar-refractivity contribution in [3.8, 4) is 0 Å². The van der Waals surface area contributed by atoms with Crippen molar-refractivity contribution in [2.75, 3.05) is 49.6 Å². The Balaban J connectivity index is 1.45. The molecule has 0 bridgehead atoms. The van der Waals surface area contributed by atoms with Gasteiger partial charge in [-0.1, -0.05) is 6.07 Å². The number of piperazine rings is 1. The van der Waals surface area contributed by atoms with Crippen molar-refractivity contribution < 1.29 is 13.5 Å². The highest BCUT2D eigenvalue weighted by Crippen LogP contribution is 2.30. The van der Waals surface area contributed by atoms with Crippen molar-refractivity contribution in [2.45, 2.75) is 25.9 Å². The fraction of sp³-hybridized carbons (Fsp3) is 0.435. The van der Waals surface area contributed by atoms with Gasteiger partial charge in [0.25, 0.3) is 0 Å². The molecular weight excluding hydrogens is 414 g/mol. The number of benzene rings is 1. The number of ether oxygens (including phenoxy) is 1. The van der Waals surface area contributed by atoms with Crippen LogP contribution < -0.4 is 10.2 Å². The summed E-state index contributed by atoms with van der Waals surface area (Å²) in [5, 5.41) is 13.6. The standard InChI is InChI=1S/C23H26F2N6O/c1-14(18-4-3-16(24)9-21(18)25)27-23-19-10-22(26-11-20(19)15(2)28-29-23)31-6-5-30-7-8-32-13-17(30)12-31/h3-4,9-11,14,17H,5-8,12-13H2,1-2H3,(H,27,29)/t14-,17+/m1/s1. The van der Waals surface area contributed by atoms with Crippen molar-refractivity contribution in [2.24, 2.45) is 0 Å². The van der Waals surface area contributed by atoms with Gasteiger partial charge in [0.1, 0.15) is 17.5 Å². The molecule has 2 atom stereocenters. The van der Waals surface area contributed by atoms with Gasteiger partial charge in [-0.2, -0.15) is 5.10 Å². The lowest BCUT2D eigenvalue weighted by Crippen LogP contribution is -2.58. The van der Waals surface area contributed by atoms with E-state index in [1.807, 2.05) is 26.1 Å². The molecule has 3 aromatic rings. The fourth-order valence-electron chi connectivity index (χ4n) is 4.53. The van der Waals surface area contributed by atoms with E-state index in [4.69, 9.17) is 9.72 Å². The Hall–Kier alpha value is -2.91. The third-order valence-corrected chi connectivity index (χ3v) is 6.38. The van der Waals surface area contributed by atoms with Crippen LogP contribution in [0.5, 0.6) is 0 Å². The molecule has 168 valence electrons. The highest BCUT2D eigenvalue weighted by molar-refractivity contribution is 5.94. The van der Waals surface area contributed by atoms with E-state index in [1.165, 1.54) is 12.1 Å². The van der Waals surface area contributed by atoms with Crippen LogP contribution in [-0.2, 0) is 4.74 Å². The molecular formula is C23H26F2N6O. The molecule has 2 aliphatic rings. The predicted molar refractivity (Wildman–Crippen MR) is 119 cm³/mol. The van der Waals surface area contributed by atoms with Crippen LogP contribution >= 0.6 is 0 Å². The summed E-state index contributed by atoms with van der Waals surface area (Å²) in [5.41, 5.74) is 1.14. The molecule has 2 fully saturated rings. The average molecular weight is 440 g/mol. The number of morpholine rings is 1. The fourth-order valence-corrected chi connectivity index (χ4v) is 4.53. The van der Waals surface area contributed by atoms with E-state index in [1.54, 1.807) is 0 Å². The molecule has 32 heavy (non-hydrogen) atoms. The minimum absolute atomic E-state index is 0.365. The van der Waals surface area contributed by atoms with E-state index >= 15 is 0 Å². The lowest BCUT2D eigenvalue weighted by atomic mass is 10.1. The first-order valence-electron chi connectivity index (χ1n) is 10.9. The summed E-state index contributed by atoms with van der Waals surface area (Å²) in [6.45, 7) is 8.95. The van der Waals surface area contributed by atoms with Crippen molar-refractivity contribution in [1.82, 2.24) is 20.1 Å². The molecule has 5 rings (SSSR count). The summed E-state index contributed by atoms with van der Waals surface area (Å²) < 4.78 is 33.2. The number of aromatic nitrogens is 3. The van der Waals surface area contributed by atoms with Crippen molar-refractivity contribution in [3.63, 3.8) is 0 Å². The van der Waals surface area contributed by atoms with Crippen LogP contribution in [0.4, 0.5) is 20.4 Å². The zero-order valence-electron chi connectivity index (χ0n) is 18.2. The molecule has 1 N–H and O–H groups in total. The van der Waals surface area contributed by atoms with Crippen LogP contribution in [0.2, 0.25) is 0 Å². The minimum atomic E-state index is -0.599. The molecule has 0 unspecified atom stereocenters. The Morgan fingerprint density at radius 1 is 1.12 bits per heavy atom. The summed E-state index contributed by atoms with van der Waals surface area (Å²) in [5.74, 6) is 0.228. The molecule has 1 aromatic carbocycles. The molecule has 7 nitrogen and oxygen atoms in total. The Labute approximate surface area is 185 Å². The number of nitrogens with one attached hydrogen (secondary N) is 1. The van der Waals surface area contributed by atoms with E-state index in [0.29, 0.717) is 17.4 Å². The second kappa shape index (κ2) is 8.55. The number of aryl methyl sites for hydroxylation is 1. The second-order valence-corrected chi connectivity index (χ2v) is 8.46. The van der Waals surface area contributed by atoms with E-state index in [0.717, 1.165) is 67.7 Å². The number of hydrogen-bond acceptors (Lipinski definition) is 7. The van der Waals surface area contributed by atoms with Crippen LogP contribution in [0.3, 0.4) is 0 Å². The van der Waals surface area contributed by atoms with Gasteiger partial charge in [-0.3, -0.25) is 4.90 Å². The summed E-state index contributed by atoms with van der Waals surface area (Å²) in [7, 11) is 0. The molecule has 0 saturated carbocycles. The maximum atomic E-state index is 14.3. The van der Waals surface area contributed by atoms with Gasteiger partial charge in [0.15, 0.2) is 5.82 Å². The van der Waals surface area contributed by atoms with Crippen LogP contribution in [0.15, 0.2) is 30.5 Å². The minimum Gasteiger partial charge on any atom is -0.378 e. The maximum absolute atomic E-state index is 14.3. The van der Waals surface area contributed by atoms with Gasteiger partial charge in [-0.05, 0) is 26.0 Å². The maximum Gasteiger partial charge on any atom is 0.157 e. The van der Waals surface area contributed by atoms with Gasteiger partial charge >= 0.3 is 0 Å². The lowest BCUT2D eigenvalue weighted by Gasteiger charge is -2.44. The molecule has 0 spiro atoms. The Kier molecular flexibility index (Phi) is 5.60. The number of anilines is 2. The Bertz CT molecular complexity index is 1140. The van der Waals surface area contributed by atoms with Crippen LogP contribution in [0.25, 0.3) is 10.8 Å². The molecule has 2 saturated heterocycles. The smallest absolute Gasteiger partial charge is 0.157 e. The molecule has 0 radical (unpaired) electrons. The zero-order chi connectivity index (χ0) is 22.2. The van der Waals surface area contributed by atoms with Gasteiger partial charge < -0.3 is 15.0 Å². The zero-order valence-corrected chi connectivity index (χ0v) is 18.2. The number of rotatable bonds is 4. The van der Waals surface area contributed by atoms with Gasteiger partial charge in [-0.15, -0.1) is 5.10 Å². The molecule has 2 aliphatic heterocycles. The van der Waals surface area contributed by atoms with Crippen molar-refractivity contribution >= 4 is 22.4 Å². The van der Waals surface area contributed by atoms with Gasteiger partial charge in [0, 0.05) is 54.8 Å². The SMILES string of the molecule is Cc1nnc(N[C@H](C)c2ccc(F)cc2F)c2cc(N3CCN4CCOC[C@@H]4C3)ncc12. The van der Waals surface area contributed by atoms with Crippen LogP contribution in [0, 0.1) is 18.6 Å². The van der Waals surface area contributed by atoms with Gasteiger partial charge in [-0.25, -0.2) is 13.8 Å². The molecule has 0 amide bonds. The topological polar surface area (TPSA) is 66.4 Å². The summed E-state index contributed by atoms with van der Waals surface area (Å²) in [6.07, 6.45) is 1.83. The first kappa shape index (κ1) is 21.0. The third-order valence-electron chi connectivity index (χ3n) is 6.38. The highest BCUT2D eigenvalue weighted by atomic mass is 19.1. The van der Waals surface area contributed by atoms with E-state index in [2.05, 4.69) is 25.3 Å². The Morgan fingerprint density at radius 3 is 2.84 bits per heavy atom. The largest absolute Gasteiger partial charge is 0.378 e. The molecule has 9 heteroatoms. The van der Waals surface area contributed by atoms with Crippen LogP contribution in [0.1, 0.15) is 24.2 Å². The number of nitrogens with zero attached hydrogens (tertiary/aromatic N) is 5. The Morgan fingerprint density at radius 2 is 2.00 bits per heavy atom. The first-order chi connectivity index (χ1) is 15.5. The van der Waals surface area contributed by atoms with Gasteiger partial charge in [0.05, 0.1) is 31.0 Å². The van der Waals surface area contributed by atoms with Gasteiger partial charge in [0.2, 0.25) is 0 Å². The van der Waals surface area contributed by atoms with Crippen molar-refractivity contribution in [1.29, 1.82) is 0 Å². The van der Waals surface area contributed by atoms with E-state index in [9.17, 15) is 8.78 Å². The number of pyridine rings is 1. The predicted octanol–water partition coefficient (Wildman–Crippen LogP) is 3.31. The number of fused-ring (bicyclic) bond motifs is 2. The number of halogens is 2. The van der Waals surface area contributed by atoms with E-state index in [-0.39, 0.29) is 0 Å². The summed E-state index contributed by atoms with van der Waals surface area (Å²) in [4.78, 5) is 9.45. The number of hydrogen-bond donors (Lipinski definition) is 1. The molecule has 2 aromatic heterocycles. The third kappa shape index (κ3) is 3.98. The summed E-state index contributed by atoms with van der Waals surface area (Å²) >= 11 is 0. The molecule has 0 aliphatic carbocycles. The van der Waals surface area contributed by atoms with E-state index < -0.39 is 17.7 Å².